The molecule has 1 aliphatic heterocycles. The number of nitrogens with one attached hydrogen (secondary N) is 1. The molecule has 2 aromatic carbocycles. The number of nitro groups is 1. The van der Waals surface area contributed by atoms with Gasteiger partial charge in [-0.2, -0.15) is 4.31 Å². The van der Waals surface area contributed by atoms with Crippen molar-refractivity contribution in [2.75, 3.05) is 24.7 Å². The molecule has 0 unspecified atom stereocenters. The number of piperidine rings is 1. The van der Waals surface area contributed by atoms with Gasteiger partial charge in [0.15, 0.2) is 5.13 Å². The number of anilines is 1. The van der Waals surface area contributed by atoms with E-state index in [9.17, 15) is 23.3 Å². The fraction of sp³-hybridized carbons (Fsp3) is 0.273. The fourth-order valence-electron chi connectivity index (χ4n) is 3.75. The van der Waals surface area contributed by atoms with Gasteiger partial charge in [-0.1, -0.05) is 12.1 Å². The number of carbonyl (C=O) groups is 1. The van der Waals surface area contributed by atoms with E-state index in [0.29, 0.717) is 39.0 Å². The van der Waals surface area contributed by atoms with Crippen molar-refractivity contribution in [1.29, 1.82) is 0 Å². The van der Waals surface area contributed by atoms with Crippen LogP contribution in [-0.4, -0.2) is 47.9 Å². The minimum Gasteiger partial charge on any atom is -0.302 e. The van der Waals surface area contributed by atoms with Crippen molar-refractivity contribution in [2.45, 2.75) is 22.6 Å². The van der Waals surface area contributed by atoms with Gasteiger partial charge in [0, 0.05) is 47.0 Å². The van der Waals surface area contributed by atoms with Crippen molar-refractivity contribution in [3.8, 4) is 11.3 Å². The molecular weight excluding hydrogens is 496 g/mol. The molecule has 1 aromatic heterocycles. The number of carbonyl (C=O) groups excluding carboxylic acids is 1. The number of nitro benzene ring substituents is 1. The van der Waals surface area contributed by atoms with Gasteiger partial charge in [0.25, 0.3) is 5.69 Å². The Balaban J connectivity index is 1.37. The number of benzene rings is 2. The zero-order valence-corrected chi connectivity index (χ0v) is 20.7. The van der Waals surface area contributed by atoms with Gasteiger partial charge >= 0.3 is 0 Å². The molecule has 0 saturated carbocycles. The Morgan fingerprint density at radius 3 is 2.50 bits per heavy atom. The monoisotopic (exact) mass is 518 g/mol. The average Bonchev–Trinajstić information content (AvgIpc) is 3.32. The summed E-state index contributed by atoms with van der Waals surface area (Å²) in [6.07, 6.45) is 2.69. The van der Waals surface area contributed by atoms with Gasteiger partial charge in [0.05, 0.1) is 15.5 Å². The van der Waals surface area contributed by atoms with Crippen LogP contribution in [0.3, 0.4) is 0 Å². The summed E-state index contributed by atoms with van der Waals surface area (Å²) in [6.45, 7) is 0.546. The molecule has 1 aliphatic rings. The number of sulfonamides is 1. The van der Waals surface area contributed by atoms with Crippen LogP contribution in [0.1, 0.15) is 12.8 Å². The summed E-state index contributed by atoms with van der Waals surface area (Å²) in [5.74, 6) is -0.500. The third-order valence-corrected chi connectivity index (χ3v) is 9.26. The first-order valence-corrected chi connectivity index (χ1v) is 14.0. The lowest BCUT2D eigenvalue weighted by Gasteiger charge is -2.30. The Labute approximate surface area is 205 Å². The molecule has 1 saturated heterocycles. The van der Waals surface area contributed by atoms with Gasteiger partial charge in [0.2, 0.25) is 15.9 Å². The zero-order chi connectivity index (χ0) is 24.3. The number of aromatic nitrogens is 1. The van der Waals surface area contributed by atoms with E-state index in [-0.39, 0.29) is 30.6 Å². The molecule has 0 aliphatic carbocycles. The predicted molar refractivity (Wildman–Crippen MR) is 133 cm³/mol. The molecule has 0 spiro atoms. The van der Waals surface area contributed by atoms with Crippen molar-refractivity contribution in [2.24, 2.45) is 5.92 Å². The molecule has 12 heteroatoms. The van der Waals surface area contributed by atoms with Crippen LogP contribution >= 0.6 is 23.1 Å². The summed E-state index contributed by atoms with van der Waals surface area (Å²) in [5, 5.41) is 15.8. The number of thiazole rings is 1. The number of hydrogen-bond donors (Lipinski definition) is 1. The number of thioether (sulfide) groups is 1. The molecule has 4 rings (SSSR count). The molecule has 0 bridgehead atoms. The van der Waals surface area contributed by atoms with Crippen LogP contribution in [0.5, 0.6) is 0 Å². The Hall–Kier alpha value is -2.80. The minimum absolute atomic E-state index is 0.00204. The maximum atomic E-state index is 13.1. The second kappa shape index (κ2) is 10.2. The molecule has 2 heterocycles. The Kier molecular flexibility index (Phi) is 7.31. The molecule has 3 aromatic rings. The standard InChI is InChI=1S/C22H22N4O5S3/c1-32-19-4-2-3-5-20(19)34(30,31)25-12-10-16(11-13-25)21(27)24-22-23-18(14-33-22)15-6-8-17(9-7-15)26(28)29/h2-9,14,16H,10-13H2,1H3,(H,23,24,27). The van der Waals surface area contributed by atoms with Gasteiger partial charge in [-0.25, -0.2) is 13.4 Å². The highest BCUT2D eigenvalue weighted by Crippen LogP contribution is 2.31. The minimum atomic E-state index is -3.62. The number of rotatable bonds is 7. The van der Waals surface area contributed by atoms with Crippen molar-refractivity contribution in [3.05, 3.63) is 64.0 Å². The number of amides is 1. The maximum absolute atomic E-state index is 13.1. The highest BCUT2D eigenvalue weighted by Gasteiger charge is 2.33. The highest BCUT2D eigenvalue weighted by molar-refractivity contribution is 7.99. The van der Waals surface area contributed by atoms with Crippen LogP contribution in [0.25, 0.3) is 11.3 Å². The van der Waals surface area contributed by atoms with Gasteiger partial charge in [-0.3, -0.25) is 14.9 Å². The van der Waals surface area contributed by atoms with Crippen LogP contribution in [0.15, 0.2) is 63.7 Å². The summed E-state index contributed by atoms with van der Waals surface area (Å²) in [5.41, 5.74) is 1.33. The van der Waals surface area contributed by atoms with E-state index in [1.165, 1.54) is 39.5 Å². The lowest BCUT2D eigenvalue weighted by molar-refractivity contribution is -0.384. The van der Waals surface area contributed by atoms with Crippen LogP contribution in [0.4, 0.5) is 10.8 Å². The summed E-state index contributed by atoms with van der Waals surface area (Å²) in [4.78, 5) is 28.5. The molecule has 1 fully saturated rings. The lowest BCUT2D eigenvalue weighted by atomic mass is 9.97. The van der Waals surface area contributed by atoms with E-state index in [0.717, 1.165) is 0 Å². The summed E-state index contributed by atoms with van der Waals surface area (Å²) < 4.78 is 27.6. The summed E-state index contributed by atoms with van der Waals surface area (Å²) in [6, 6.07) is 13.0. The molecule has 0 radical (unpaired) electrons. The second-order valence-electron chi connectivity index (χ2n) is 7.66. The van der Waals surface area contributed by atoms with Crippen molar-refractivity contribution in [3.63, 3.8) is 0 Å². The largest absolute Gasteiger partial charge is 0.302 e. The Morgan fingerprint density at radius 2 is 1.85 bits per heavy atom. The summed E-state index contributed by atoms with van der Waals surface area (Å²) >= 11 is 2.66. The third-order valence-electron chi connectivity index (χ3n) is 5.62. The van der Waals surface area contributed by atoms with Crippen molar-refractivity contribution in [1.82, 2.24) is 9.29 Å². The van der Waals surface area contributed by atoms with Crippen molar-refractivity contribution < 1.29 is 18.1 Å². The first kappa shape index (κ1) is 24.3. The zero-order valence-electron chi connectivity index (χ0n) is 18.2. The topological polar surface area (TPSA) is 123 Å². The Bertz CT molecular complexity index is 1300. The van der Waals surface area contributed by atoms with Gasteiger partial charge < -0.3 is 5.32 Å². The molecule has 178 valence electrons. The maximum Gasteiger partial charge on any atom is 0.269 e. The van der Waals surface area contributed by atoms with E-state index in [1.54, 1.807) is 35.7 Å². The molecule has 9 nitrogen and oxygen atoms in total. The van der Waals surface area contributed by atoms with E-state index in [1.807, 2.05) is 12.3 Å². The van der Waals surface area contributed by atoms with Crippen LogP contribution < -0.4 is 5.32 Å². The second-order valence-corrected chi connectivity index (χ2v) is 11.3. The quantitative estimate of drug-likeness (QED) is 0.278. The smallest absolute Gasteiger partial charge is 0.269 e. The highest BCUT2D eigenvalue weighted by atomic mass is 32.2. The number of hydrogen-bond acceptors (Lipinski definition) is 8. The molecule has 1 amide bonds. The van der Waals surface area contributed by atoms with Crippen LogP contribution in [-0.2, 0) is 14.8 Å². The number of non-ortho nitro benzene ring substituents is 1. The lowest BCUT2D eigenvalue weighted by Crippen LogP contribution is -2.41. The van der Waals surface area contributed by atoms with Gasteiger partial charge in [-0.15, -0.1) is 23.1 Å². The van der Waals surface area contributed by atoms with Gasteiger partial charge in [-0.05, 0) is 43.4 Å². The first-order valence-electron chi connectivity index (χ1n) is 10.4. The SMILES string of the molecule is CSc1ccccc1S(=O)(=O)N1CCC(C(=O)Nc2nc(-c3ccc([N+](=O)[O-])cc3)cs2)CC1. The Morgan fingerprint density at radius 1 is 1.18 bits per heavy atom. The third kappa shape index (κ3) is 5.14. The first-order chi connectivity index (χ1) is 16.3. The van der Waals surface area contributed by atoms with E-state index in [2.05, 4.69) is 10.3 Å². The van der Waals surface area contributed by atoms with Gasteiger partial charge in [0.1, 0.15) is 0 Å². The molecule has 1 N–H and O–H groups in total. The average molecular weight is 519 g/mol. The molecule has 34 heavy (non-hydrogen) atoms. The van der Waals surface area contributed by atoms with Crippen molar-refractivity contribution >= 4 is 49.8 Å². The predicted octanol–water partition coefficient (Wildman–Crippen LogP) is 4.48. The molecule has 0 atom stereocenters. The van der Waals surface area contributed by atoms with E-state index >= 15 is 0 Å². The fourth-order valence-corrected chi connectivity index (χ4v) is 7.07. The number of nitrogens with zero attached hydrogens (tertiary/aromatic N) is 3. The molecular formula is C22H22N4O5S3. The van der Waals surface area contributed by atoms with Crippen LogP contribution in [0.2, 0.25) is 0 Å². The summed E-state index contributed by atoms with van der Waals surface area (Å²) in [7, 11) is -3.62. The van der Waals surface area contributed by atoms with Crippen LogP contribution in [0, 0.1) is 16.0 Å². The van der Waals surface area contributed by atoms with E-state index in [4.69, 9.17) is 0 Å². The normalized spacial score (nSPS) is 15.2. The van der Waals surface area contributed by atoms with E-state index < -0.39 is 14.9 Å².